The molecule has 5 heteroatoms. The van der Waals surface area contributed by atoms with Crippen molar-refractivity contribution < 1.29 is 9.90 Å². The number of phenols is 1. The number of rotatable bonds is 5. The van der Waals surface area contributed by atoms with Gasteiger partial charge in [0.1, 0.15) is 5.75 Å². The summed E-state index contributed by atoms with van der Waals surface area (Å²) in [5.74, 6) is -0.141. The number of carbonyl (C=O) groups is 1. The Kier molecular flexibility index (Phi) is 5.71. The van der Waals surface area contributed by atoms with Crippen LogP contribution >= 0.6 is 22.6 Å². The molecule has 0 atom stereocenters. The Morgan fingerprint density at radius 1 is 1.27 bits per heavy atom. The van der Waals surface area contributed by atoms with Gasteiger partial charge in [-0.15, -0.1) is 6.58 Å². The molecule has 2 aromatic carbocycles. The number of aromatic hydroxyl groups is 1. The zero-order chi connectivity index (χ0) is 15.9. The van der Waals surface area contributed by atoms with Crippen LogP contribution in [0.5, 0.6) is 5.75 Å². The van der Waals surface area contributed by atoms with Gasteiger partial charge in [-0.25, -0.2) is 5.43 Å². The van der Waals surface area contributed by atoms with Crippen LogP contribution in [0.2, 0.25) is 0 Å². The van der Waals surface area contributed by atoms with Gasteiger partial charge in [0.25, 0.3) is 5.91 Å². The van der Waals surface area contributed by atoms with Crippen molar-refractivity contribution in [2.24, 2.45) is 5.10 Å². The van der Waals surface area contributed by atoms with Crippen LogP contribution in [0.1, 0.15) is 21.5 Å². The van der Waals surface area contributed by atoms with E-state index in [2.05, 4.69) is 39.7 Å². The van der Waals surface area contributed by atoms with Gasteiger partial charge in [-0.3, -0.25) is 4.79 Å². The highest BCUT2D eigenvalue weighted by atomic mass is 127. The molecule has 0 aliphatic heterocycles. The summed E-state index contributed by atoms with van der Waals surface area (Å²) in [5.41, 5.74) is 4.33. The number of allylic oxidation sites excluding steroid dienone is 1. The van der Waals surface area contributed by atoms with Crippen LogP contribution in [0.3, 0.4) is 0 Å². The third-order valence-electron chi connectivity index (χ3n) is 3.00. The van der Waals surface area contributed by atoms with Crippen molar-refractivity contribution in [1.29, 1.82) is 0 Å². The van der Waals surface area contributed by atoms with Gasteiger partial charge in [0.05, 0.1) is 11.8 Å². The summed E-state index contributed by atoms with van der Waals surface area (Å²) in [5, 5.41) is 14.0. The highest BCUT2D eigenvalue weighted by Gasteiger charge is 2.08. The number of para-hydroxylation sites is 1. The molecule has 0 bridgehead atoms. The van der Waals surface area contributed by atoms with Gasteiger partial charge < -0.3 is 5.11 Å². The van der Waals surface area contributed by atoms with Crippen LogP contribution in [0.4, 0.5) is 0 Å². The first-order valence-electron chi connectivity index (χ1n) is 6.63. The molecule has 0 aliphatic rings. The van der Waals surface area contributed by atoms with E-state index in [0.717, 1.165) is 9.13 Å². The third-order valence-corrected chi connectivity index (χ3v) is 3.94. The van der Waals surface area contributed by atoms with E-state index in [9.17, 15) is 9.90 Å². The lowest BCUT2D eigenvalue weighted by Crippen LogP contribution is -2.18. The number of hydrazone groups is 1. The first-order valence-corrected chi connectivity index (χ1v) is 7.71. The van der Waals surface area contributed by atoms with E-state index in [4.69, 9.17) is 0 Å². The molecule has 0 unspecified atom stereocenters. The molecule has 2 rings (SSSR count). The Bertz CT molecular complexity index is 726. The number of hydrogen-bond acceptors (Lipinski definition) is 3. The predicted octanol–water partition coefficient (Wildman–Crippen LogP) is 3.49. The lowest BCUT2D eigenvalue weighted by atomic mass is 10.1. The minimum absolute atomic E-state index is 0.148. The molecule has 0 aromatic heterocycles. The maximum atomic E-state index is 12.0. The lowest BCUT2D eigenvalue weighted by Gasteiger charge is -2.05. The van der Waals surface area contributed by atoms with Crippen LogP contribution in [0.25, 0.3) is 0 Å². The Morgan fingerprint density at radius 2 is 2.05 bits per heavy atom. The number of nitrogens with one attached hydrogen (secondary N) is 1. The number of phenolic OH excluding ortho intramolecular Hbond substituents is 1. The van der Waals surface area contributed by atoms with Crippen LogP contribution < -0.4 is 5.43 Å². The zero-order valence-corrected chi connectivity index (χ0v) is 13.9. The van der Waals surface area contributed by atoms with Crippen molar-refractivity contribution in [2.75, 3.05) is 0 Å². The minimum Gasteiger partial charge on any atom is -0.507 e. The van der Waals surface area contributed by atoms with Gasteiger partial charge in [0.2, 0.25) is 0 Å². The molecule has 4 nitrogen and oxygen atoms in total. The van der Waals surface area contributed by atoms with E-state index < -0.39 is 0 Å². The quantitative estimate of drug-likeness (QED) is 0.346. The van der Waals surface area contributed by atoms with Crippen LogP contribution in [-0.4, -0.2) is 17.2 Å². The van der Waals surface area contributed by atoms with Gasteiger partial charge in [-0.1, -0.05) is 30.3 Å². The van der Waals surface area contributed by atoms with E-state index in [1.54, 1.807) is 24.3 Å². The molecule has 112 valence electrons. The van der Waals surface area contributed by atoms with Gasteiger partial charge in [0, 0.05) is 9.13 Å². The normalized spacial score (nSPS) is 10.6. The van der Waals surface area contributed by atoms with Gasteiger partial charge in [-0.05, 0) is 52.8 Å². The number of amides is 1. The summed E-state index contributed by atoms with van der Waals surface area (Å²) in [4.78, 5) is 12.0. The molecule has 0 saturated heterocycles. The molecule has 2 N–H and O–H groups in total. The van der Waals surface area contributed by atoms with Crippen molar-refractivity contribution in [3.05, 3.63) is 75.4 Å². The van der Waals surface area contributed by atoms with Crippen molar-refractivity contribution in [1.82, 2.24) is 5.43 Å². The van der Waals surface area contributed by atoms with Gasteiger partial charge >= 0.3 is 0 Å². The molecule has 0 fully saturated rings. The molecule has 0 radical (unpaired) electrons. The second kappa shape index (κ2) is 7.74. The molecule has 0 heterocycles. The van der Waals surface area contributed by atoms with E-state index >= 15 is 0 Å². The molecular formula is C17H15IN2O2. The number of nitrogens with zero attached hydrogens (tertiary/aromatic N) is 1. The summed E-state index contributed by atoms with van der Waals surface area (Å²) >= 11 is 2.10. The van der Waals surface area contributed by atoms with Crippen molar-refractivity contribution in [2.45, 2.75) is 6.42 Å². The highest BCUT2D eigenvalue weighted by Crippen LogP contribution is 2.21. The fourth-order valence-corrected chi connectivity index (χ4v) is 2.53. The van der Waals surface area contributed by atoms with Crippen molar-refractivity contribution in [3.63, 3.8) is 0 Å². The average molecular weight is 406 g/mol. The zero-order valence-electron chi connectivity index (χ0n) is 11.8. The lowest BCUT2D eigenvalue weighted by molar-refractivity contribution is 0.0954. The maximum absolute atomic E-state index is 12.0. The smallest absolute Gasteiger partial charge is 0.272 e. The fraction of sp³-hybridized carbons (Fsp3) is 0.0588. The SMILES string of the molecule is C=CCc1cccc(/C=N/NC(=O)c2ccccc2I)c1O. The van der Waals surface area contributed by atoms with Gasteiger partial charge in [-0.2, -0.15) is 5.10 Å². The topological polar surface area (TPSA) is 61.7 Å². The molecule has 22 heavy (non-hydrogen) atoms. The Balaban J connectivity index is 2.10. The molecule has 1 amide bonds. The molecule has 0 saturated carbocycles. The monoisotopic (exact) mass is 406 g/mol. The molecule has 0 spiro atoms. The first kappa shape index (κ1) is 16.2. The minimum atomic E-state index is -0.289. The Labute approximate surface area is 142 Å². The van der Waals surface area contributed by atoms with Crippen LogP contribution in [0.15, 0.2) is 60.2 Å². The Morgan fingerprint density at radius 3 is 2.77 bits per heavy atom. The summed E-state index contributed by atoms with van der Waals surface area (Å²) in [6, 6.07) is 12.6. The Hall–Kier alpha value is -2.15. The van der Waals surface area contributed by atoms with E-state index in [-0.39, 0.29) is 11.7 Å². The number of benzene rings is 2. The van der Waals surface area contributed by atoms with E-state index in [1.807, 2.05) is 24.3 Å². The second-order valence-corrected chi connectivity index (χ2v) is 5.69. The largest absolute Gasteiger partial charge is 0.507 e. The van der Waals surface area contributed by atoms with E-state index in [1.165, 1.54) is 6.21 Å². The third kappa shape index (κ3) is 3.94. The van der Waals surface area contributed by atoms with E-state index in [0.29, 0.717) is 17.5 Å². The first-order chi connectivity index (χ1) is 10.6. The standard InChI is InChI=1S/C17H15IN2O2/c1-2-6-12-7-5-8-13(16(12)21)11-19-20-17(22)14-9-3-4-10-15(14)18/h2-5,7-11,21H,1,6H2,(H,20,22)/b19-11+. The molecule has 0 aliphatic carbocycles. The fourth-order valence-electron chi connectivity index (χ4n) is 1.90. The van der Waals surface area contributed by atoms with Gasteiger partial charge in [0.15, 0.2) is 0 Å². The maximum Gasteiger partial charge on any atom is 0.272 e. The highest BCUT2D eigenvalue weighted by molar-refractivity contribution is 14.1. The predicted molar refractivity (Wildman–Crippen MR) is 96.2 cm³/mol. The van der Waals surface area contributed by atoms with Crippen molar-refractivity contribution >= 4 is 34.7 Å². The number of carbonyl (C=O) groups excluding carboxylic acids is 1. The molecular weight excluding hydrogens is 391 g/mol. The van der Waals surface area contributed by atoms with Crippen molar-refractivity contribution in [3.8, 4) is 5.75 Å². The average Bonchev–Trinajstić information content (AvgIpc) is 2.51. The summed E-state index contributed by atoms with van der Waals surface area (Å²) in [6.45, 7) is 3.65. The molecule has 2 aromatic rings. The number of hydrogen-bond donors (Lipinski definition) is 2. The van der Waals surface area contributed by atoms with Crippen LogP contribution in [-0.2, 0) is 6.42 Å². The summed E-state index contributed by atoms with van der Waals surface area (Å²) < 4.78 is 0.851. The van der Waals surface area contributed by atoms with Crippen LogP contribution in [0, 0.1) is 3.57 Å². The second-order valence-electron chi connectivity index (χ2n) is 4.53. The summed E-state index contributed by atoms with van der Waals surface area (Å²) in [7, 11) is 0. The number of halogens is 1. The summed E-state index contributed by atoms with van der Waals surface area (Å²) in [6.07, 6.45) is 3.72.